The Morgan fingerprint density at radius 2 is 2.08 bits per heavy atom. The number of anilines is 1. The van der Waals surface area contributed by atoms with Gasteiger partial charge in [-0.3, -0.25) is 25.0 Å². The summed E-state index contributed by atoms with van der Waals surface area (Å²) in [6, 6.07) is 7.73. The molecule has 0 aliphatic heterocycles. The fraction of sp³-hybridized carbons (Fsp3) is 0.200. The topological polar surface area (TPSA) is 135 Å². The highest BCUT2D eigenvalue weighted by molar-refractivity contribution is 5.97. The third kappa shape index (κ3) is 4.92. The highest BCUT2D eigenvalue weighted by Crippen LogP contribution is 2.17. The number of carboxylic acid groups (broad SMARTS) is 1. The van der Waals surface area contributed by atoms with Crippen LogP contribution in [0.2, 0.25) is 0 Å². The van der Waals surface area contributed by atoms with Gasteiger partial charge in [0.15, 0.2) is 0 Å². The Morgan fingerprint density at radius 3 is 2.71 bits per heavy atom. The molecule has 1 aromatic carbocycles. The van der Waals surface area contributed by atoms with Crippen molar-refractivity contribution in [2.75, 3.05) is 5.32 Å². The van der Waals surface area contributed by atoms with Gasteiger partial charge in [-0.25, -0.2) is 0 Å². The van der Waals surface area contributed by atoms with E-state index in [1.54, 1.807) is 12.1 Å². The van der Waals surface area contributed by atoms with Gasteiger partial charge in [0.2, 0.25) is 5.91 Å². The number of benzene rings is 1. The number of furan rings is 1. The molecule has 0 saturated carbocycles. The number of carbonyl (C=O) groups excluding carboxylic acids is 1. The molecule has 0 radical (unpaired) electrons. The number of rotatable bonds is 8. The van der Waals surface area contributed by atoms with Crippen molar-refractivity contribution >= 4 is 23.3 Å². The number of amides is 1. The van der Waals surface area contributed by atoms with Gasteiger partial charge in [-0.1, -0.05) is 6.07 Å². The minimum absolute atomic E-state index is 0.174. The van der Waals surface area contributed by atoms with Gasteiger partial charge in [0, 0.05) is 17.8 Å². The molecular weight excluding hydrogens is 318 g/mol. The molecule has 1 aromatic heterocycles. The first-order chi connectivity index (χ1) is 11.5. The number of nitro benzene ring substituents is 1. The molecule has 1 atom stereocenters. The van der Waals surface area contributed by atoms with Crippen molar-refractivity contribution in [2.45, 2.75) is 19.0 Å². The molecule has 0 spiro atoms. The molecule has 0 fully saturated rings. The minimum atomic E-state index is -1.15. The van der Waals surface area contributed by atoms with Crippen LogP contribution in [0.1, 0.15) is 12.2 Å². The summed E-state index contributed by atoms with van der Waals surface area (Å²) in [5, 5.41) is 24.9. The lowest BCUT2D eigenvalue weighted by atomic mass is 10.1. The summed E-state index contributed by atoms with van der Waals surface area (Å²) in [6.07, 6.45) is 1.02. The van der Waals surface area contributed by atoms with E-state index in [-0.39, 0.29) is 17.9 Å². The molecule has 0 bridgehead atoms. The van der Waals surface area contributed by atoms with Crippen molar-refractivity contribution in [3.05, 3.63) is 58.5 Å². The van der Waals surface area contributed by atoms with Gasteiger partial charge >= 0.3 is 5.97 Å². The summed E-state index contributed by atoms with van der Waals surface area (Å²) in [7, 11) is 0. The van der Waals surface area contributed by atoms with Gasteiger partial charge in [0.25, 0.3) is 5.69 Å². The van der Waals surface area contributed by atoms with Crippen LogP contribution in [0.4, 0.5) is 11.4 Å². The second-order valence-electron chi connectivity index (χ2n) is 4.91. The standard InChI is InChI=1S/C15H15N3O6/c19-14(20)8-13(16-9-12-5-2-6-24-12)15(21)17-10-3-1-4-11(7-10)18(22)23/h1-7,13,16H,8-9H2,(H,17,21)(H,19,20). The molecule has 9 heteroatoms. The number of nitro groups is 1. The van der Waals surface area contributed by atoms with E-state index in [2.05, 4.69) is 10.6 Å². The van der Waals surface area contributed by atoms with E-state index in [9.17, 15) is 19.7 Å². The fourth-order valence-electron chi connectivity index (χ4n) is 2.00. The zero-order chi connectivity index (χ0) is 17.5. The highest BCUT2D eigenvalue weighted by atomic mass is 16.6. The number of aliphatic carboxylic acids is 1. The van der Waals surface area contributed by atoms with E-state index in [4.69, 9.17) is 9.52 Å². The maximum Gasteiger partial charge on any atom is 0.305 e. The summed E-state index contributed by atoms with van der Waals surface area (Å²) >= 11 is 0. The molecule has 2 rings (SSSR count). The van der Waals surface area contributed by atoms with Gasteiger partial charge in [-0.15, -0.1) is 0 Å². The number of carboxylic acids is 1. The summed E-state index contributed by atoms with van der Waals surface area (Å²) < 4.78 is 5.11. The molecule has 1 amide bonds. The highest BCUT2D eigenvalue weighted by Gasteiger charge is 2.22. The Labute approximate surface area is 136 Å². The van der Waals surface area contributed by atoms with Crippen LogP contribution < -0.4 is 10.6 Å². The molecule has 1 heterocycles. The summed E-state index contributed by atoms with van der Waals surface area (Å²) in [5.74, 6) is -1.21. The lowest BCUT2D eigenvalue weighted by molar-refractivity contribution is -0.384. The Balaban J connectivity index is 2.04. The number of carbonyl (C=O) groups is 2. The number of nitrogens with one attached hydrogen (secondary N) is 2. The van der Waals surface area contributed by atoms with E-state index in [0.29, 0.717) is 5.76 Å². The van der Waals surface area contributed by atoms with E-state index in [0.717, 1.165) is 0 Å². The summed E-state index contributed by atoms with van der Waals surface area (Å²) in [6.45, 7) is 0.174. The van der Waals surface area contributed by atoms with Gasteiger partial charge in [0.1, 0.15) is 5.76 Å². The first-order valence-corrected chi connectivity index (χ1v) is 6.98. The first-order valence-electron chi connectivity index (χ1n) is 6.98. The zero-order valence-electron chi connectivity index (χ0n) is 12.5. The van der Waals surface area contributed by atoms with E-state index in [1.165, 1.54) is 30.5 Å². The maximum atomic E-state index is 12.3. The monoisotopic (exact) mass is 333 g/mol. The Bertz CT molecular complexity index is 729. The third-order valence-corrected chi connectivity index (χ3v) is 3.12. The smallest absolute Gasteiger partial charge is 0.305 e. The second kappa shape index (κ2) is 7.88. The lowest BCUT2D eigenvalue weighted by Gasteiger charge is -2.16. The molecule has 3 N–H and O–H groups in total. The Morgan fingerprint density at radius 1 is 1.29 bits per heavy atom. The molecule has 0 aliphatic rings. The molecule has 9 nitrogen and oxygen atoms in total. The van der Waals surface area contributed by atoms with Crippen molar-refractivity contribution in [1.82, 2.24) is 5.32 Å². The van der Waals surface area contributed by atoms with Crippen molar-refractivity contribution in [1.29, 1.82) is 0 Å². The normalized spacial score (nSPS) is 11.7. The van der Waals surface area contributed by atoms with E-state index >= 15 is 0 Å². The van der Waals surface area contributed by atoms with Gasteiger partial charge < -0.3 is 14.8 Å². The Kier molecular flexibility index (Phi) is 5.63. The van der Waals surface area contributed by atoms with Crippen LogP contribution in [-0.2, 0) is 16.1 Å². The van der Waals surface area contributed by atoms with Crippen molar-refractivity contribution in [3.8, 4) is 0 Å². The molecule has 24 heavy (non-hydrogen) atoms. The predicted octanol–water partition coefficient (Wildman–Crippen LogP) is 1.76. The average molecular weight is 333 g/mol. The number of hydrogen-bond donors (Lipinski definition) is 3. The van der Waals surface area contributed by atoms with Crippen LogP contribution in [0.25, 0.3) is 0 Å². The molecule has 1 unspecified atom stereocenters. The van der Waals surface area contributed by atoms with Crippen molar-refractivity contribution in [2.24, 2.45) is 0 Å². The second-order valence-corrected chi connectivity index (χ2v) is 4.91. The summed E-state index contributed by atoms with van der Waals surface area (Å²) in [4.78, 5) is 33.4. The Hall–Kier alpha value is -3.20. The number of hydrogen-bond acceptors (Lipinski definition) is 6. The molecule has 126 valence electrons. The van der Waals surface area contributed by atoms with Crippen LogP contribution in [0, 0.1) is 10.1 Å². The zero-order valence-corrected chi connectivity index (χ0v) is 12.5. The third-order valence-electron chi connectivity index (χ3n) is 3.12. The van der Waals surface area contributed by atoms with Crippen LogP contribution in [0.15, 0.2) is 47.1 Å². The molecule has 0 saturated heterocycles. The van der Waals surface area contributed by atoms with E-state index < -0.39 is 29.3 Å². The van der Waals surface area contributed by atoms with Crippen molar-refractivity contribution < 1.29 is 24.0 Å². The maximum absolute atomic E-state index is 12.3. The molecular formula is C15H15N3O6. The van der Waals surface area contributed by atoms with Gasteiger partial charge in [0.05, 0.1) is 30.2 Å². The number of nitrogens with zero attached hydrogens (tertiary/aromatic N) is 1. The fourth-order valence-corrected chi connectivity index (χ4v) is 2.00. The van der Waals surface area contributed by atoms with Crippen LogP contribution in [0.5, 0.6) is 0 Å². The molecule has 2 aromatic rings. The van der Waals surface area contributed by atoms with Gasteiger partial charge in [-0.2, -0.15) is 0 Å². The minimum Gasteiger partial charge on any atom is -0.481 e. The SMILES string of the molecule is O=C(O)CC(NCc1ccco1)C(=O)Nc1cccc([N+](=O)[O-])c1. The lowest BCUT2D eigenvalue weighted by Crippen LogP contribution is -2.41. The first kappa shape index (κ1) is 17.2. The van der Waals surface area contributed by atoms with E-state index in [1.807, 2.05) is 0 Å². The van der Waals surface area contributed by atoms with Crippen LogP contribution in [0.3, 0.4) is 0 Å². The van der Waals surface area contributed by atoms with Crippen LogP contribution in [-0.4, -0.2) is 27.9 Å². The molecule has 0 aliphatic carbocycles. The number of non-ortho nitro benzene ring substituents is 1. The van der Waals surface area contributed by atoms with Crippen molar-refractivity contribution in [3.63, 3.8) is 0 Å². The van der Waals surface area contributed by atoms with Gasteiger partial charge in [-0.05, 0) is 18.2 Å². The largest absolute Gasteiger partial charge is 0.481 e. The quantitative estimate of drug-likeness (QED) is 0.495. The average Bonchev–Trinajstić information content (AvgIpc) is 3.04. The summed E-state index contributed by atoms with van der Waals surface area (Å²) in [5.41, 5.74) is 0.0375. The van der Waals surface area contributed by atoms with Crippen LogP contribution >= 0.6 is 0 Å². The predicted molar refractivity (Wildman–Crippen MR) is 83.3 cm³/mol.